The maximum atomic E-state index is 10.4. The summed E-state index contributed by atoms with van der Waals surface area (Å²) < 4.78 is 5.26. The third-order valence-corrected chi connectivity index (χ3v) is 5.10. The van der Waals surface area contributed by atoms with Gasteiger partial charge in [0.15, 0.2) is 0 Å². The number of methoxy groups -OCH3 is 1. The normalized spacial score (nSPS) is 14.7. The maximum Gasteiger partial charge on any atom is 0.135 e. The summed E-state index contributed by atoms with van der Waals surface area (Å²) in [5, 5.41) is 21.4. The minimum Gasteiger partial charge on any atom is -0.510 e. The molecule has 0 saturated heterocycles. The number of hydrogen-bond acceptors (Lipinski definition) is 5. The van der Waals surface area contributed by atoms with Crippen molar-refractivity contribution in [1.82, 2.24) is 9.88 Å². The number of ether oxygens (including phenoxy) is 1. The van der Waals surface area contributed by atoms with Crippen LogP contribution in [0.15, 0.2) is 35.4 Å². The second-order valence-electron chi connectivity index (χ2n) is 6.54. The Labute approximate surface area is 152 Å². The van der Waals surface area contributed by atoms with Gasteiger partial charge in [-0.3, -0.25) is 5.41 Å². The second-order valence-corrected chi connectivity index (χ2v) is 7.40. The van der Waals surface area contributed by atoms with E-state index < -0.39 is 0 Å². The van der Waals surface area contributed by atoms with Gasteiger partial charge < -0.3 is 14.7 Å². The molecule has 3 rings (SSSR count). The molecule has 0 unspecified atom stereocenters. The number of aromatic nitrogens is 1. The fourth-order valence-electron chi connectivity index (χ4n) is 2.77. The van der Waals surface area contributed by atoms with Crippen molar-refractivity contribution in [1.29, 1.82) is 5.41 Å². The van der Waals surface area contributed by atoms with Crippen LogP contribution in [0.1, 0.15) is 25.3 Å². The standard InChI is InChI=1S/C19H23N3O2S/c1-12(2)7-8-22-10-16(23)17(18(22)20)19-21-15(11-25-19)13-5-4-6-14(9-13)24-3/h4-6,9,11-12,20,23H,7-8,10H2,1-3H3. The van der Waals surface area contributed by atoms with Crippen molar-refractivity contribution in [3.8, 4) is 17.0 Å². The Kier molecular flexibility index (Phi) is 5.08. The summed E-state index contributed by atoms with van der Waals surface area (Å²) >= 11 is 1.45. The van der Waals surface area contributed by atoms with Gasteiger partial charge >= 0.3 is 0 Å². The second kappa shape index (κ2) is 7.27. The number of nitrogens with one attached hydrogen (secondary N) is 1. The van der Waals surface area contributed by atoms with Crippen LogP contribution in [0, 0.1) is 11.3 Å². The lowest BCUT2D eigenvalue weighted by molar-refractivity contribution is 0.337. The summed E-state index contributed by atoms with van der Waals surface area (Å²) in [5.41, 5.74) is 2.35. The molecule has 0 fully saturated rings. The zero-order valence-corrected chi connectivity index (χ0v) is 15.6. The number of amidine groups is 1. The molecular formula is C19H23N3O2S. The van der Waals surface area contributed by atoms with Gasteiger partial charge in [0.25, 0.3) is 0 Å². The van der Waals surface area contributed by atoms with Gasteiger partial charge in [0.05, 0.1) is 24.9 Å². The number of nitrogens with zero attached hydrogens (tertiary/aromatic N) is 2. The molecule has 2 aromatic rings. The lowest BCUT2D eigenvalue weighted by Crippen LogP contribution is -2.28. The topological polar surface area (TPSA) is 69.4 Å². The zero-order valence-electron chi connectivity index (χ0n) is 14.7. The molecule has 0 spiro atoms. The highest BCUT2D eigenvalue weighted by molar-refractivity contribution is 7.11. The molecule has 25 heavy (non-hydrogen) atoms. The molecule has 1 aliphatic heterocycles. The van der Waals surface area contributed by atoms with Gasteiger partial charge in [-0.15, -0.1) is 11.3 Å². The summed E-state index contributed by atoms with van der Waals surface area (Å²) in [7, 11) is 1.64. The molecule has 0 radical (unpaired) electrons. The third kappa shape index (κ3) is 3.69. The van der Waals surface area contributed by atoms with E-state index in [1.807, 2.05) is 34.5 Å². The molecule has 1 aromatic heterocycles. The van der Waals surface area contributed by atoms with Crippen LogP contribution < -0.4 is 4.74 Å². The first-order chi connectivity index (χ1) is 12.0. The molecule has 132 valence electrons. The van der Waals surface area contributed by atoms with E-state index in [1.54, 1.807) is 7.11 Å². The third-order valence-electron chi connectivity index (χ3n) is 4.24. The van der Waals surface area contributed by atoms with Crippen molar-refractivity contribution in [3.63, 3.8) is 0 Å². The monoisotopic (exact) mass is 357 g/mol. The van der Waals surface area contributed by atoms with E-state index in [0.717, 1.165) is 30.0 Å². The van der Waals surface area contributed by atoms with Gasteiger partial charge in [-0.2, -0.15) is 0 Å². The minimum atomic E-state index is 0.236. The van der Waals surface area contributed by atoms with Crippen molar-refractivity contribution in [2.45, 2.75) is 20.3 Å². The molecule has 0 aliphatic carbocycles. The summed E-state index contributed by atoms with van der Waals surface area (Å²) in [6.45, 7) is 5.50. The van der Waals surface area contributed by atoms with Crippen molar-refractivity contribution < 1.29 is 9.84 Å². The van der Waals surface area contributed by atoms with Crippen molar-refractivity contribution in [2.75, 3.05) is 20.2 Å². The predicted molar refractivity (Wildman–Crippen MR) is 102 cm³/mol. The number of thiazole rings is 1. The average molecular weight is 357 g/mol. The quantitative estimate of drug-likeness (QED) is 0.802. The molecule has 6 heteroatoms. The minimum absolute atomic E-state index is 0.236. The Bertz CT molecular complexity index is 811. The van der Waals surface area contributed by atoms with Gasteiger partial charge in [-0.1, -0.05) is 26.0 Å². The number of aliphatic hydroxyl groups excluding tert-OH is 1. The fraction of sp³-hybridized carbons (Fsp3) is 0.368. The molecule has 0 amide bonds. The largest absolute Gasteiger partial charge is 0.510 e. The van der Waals surface area contributed by atoms with Gasteiger partial charge in [0.1, 0.15) is 22.4 Å². The first-order valence-corrected chi connectivity index (χ1v) is 9.24. The van der Waals surface area contributed by atoms with Crippen LogP contribution in [0.3, 0.4) is 0 Å². The van der Waals surface area contributed by atoms with E-state index in [0.29, 0.717) is 28.9 Å². The van der Waals surface area contributed by atoms with E-state index >= 15 is 0 Å². The van der Waals surface area contributed by atoms with Crippen LogP contribution in [-0.4, -0.2) is 41.0 Å². The average Bonchev–Trinajstić information content (AvgIpc) is 3.17. The molecule has 1 aliphatic rings. The molecule has 5 nitrogen and oxygen atoms in total. The van der Waals surface area contributed by atoms with E-state index in [9.17, 15) is 5.11 Å². The summed E-state index contributed by atoms with van der Waals surface area (Å²) in [6, 6.07) is 7.73. The summed E-state index contributed by atoms with van der Waals surface area (Å²) in [4.78, 5) is 6.56. The van der Waals surface area contributed by atoms with Crippen LogP contribution >= 0.6 is 11.3 Å². The summed E-state index contributed by atoms with van der Waals surface area (Å²) in [5.74, 6) is 1.95. The first-order valence-electron chi connectivity index (χ1n) is 8.36. The van der Waals surface area contributed by atoms with Gasteiger partial charge in [-0.25, -0.2) is 4.98 Å². The molecule has 2 N–H and O–H groups in total. The van der Waals surface area contributed by atoms with E-state index in [1.165, 1.54) is 11.3 Å². The summed E-state index contributed by atoms with van der Waals surface area (Å²) in [6.07, 6.45) is 0.996. The molecule has 1 aromatic carbocycles. The Morgan fingerprint density at radius 2 is 2.20 bits per heavy atom. The fourth-order valence-corrected chi connectivity index (χ4v) is 3.66. The lowest BCUT2D eigenvalue weighted by Gasteiger charge is -2.19. The van der Waals surface area contributed by atoms with Crippen molar-refractivity contribution >= 4 is 22.7 Å². The van der Waals surface area contributed by atoms with Crippen molar-refractivity contribution in [3.05, 3.63) is 40.4 Å². The van der Waals surface area contributed by atoms with Crippen LogP contribution in [-0.2, 0) is 0 Å². The van der Waals surface area contributed by atoms with E-state index in [-0.39, 0.29) is 5.76 Å². The lowest BCUT2D eigenvalue weighted by atomic mass is 10.1. The Balaban J connectivity index is 1.82. The molecule has 0 saturated carbocycles. The highest BCUT2D eigenvalue weighted by atomic mass is 32.1. The first kappa shape index (κ1) is 17.5. The van der Waals surface area contributed by atoms with Gasteiger partial charge in [0.2, 0.25) is 0 Å². The number of benzene rings is 1. The smallest absolute Gasteiger partial charge is 0.135 e. The maximum absolute atomic E-state index is 10.4. The Morgan fingerprint density at radius 3 is 2.92 bits per heavy atom. The van der Waals surface area contributed by atoms with Crippen LogP contribution in [0.25, 0.3) is 16.8 Å². The van der Waals surface area contributed by atoms with Crippen LogP contribution in [0.4, 0.5) is 0 Å². The molecule has 2 heterocycles. The Morgan fingerprint density at radius 1 is 1.40 bits per heavy atom. The Hall–Kier alpha value is -2.34. The molecule has 0 bridgehead atoms. The SMILES string of the molecule is COc1cccc(-c2csc(C3=C(O)CN(CCC(C)C)C3=N)n2)c1. The van der Waals surface area contributed by atoms with E-state index in [4.69, 9.17) is 10.1 Å². The van der Waals surface area contributed by atoms with Crippen LogP contribution in [0.2, 0.25) is 0 Å². The highest BCUT2D eigenvalue weighted by Gasteiger charge is 2.30. The zero-order chi connectivity index (χ0) is 18.0. The number of rotatable bonds is 6. The van der Waals surface area contributed by atoms with Crippen molar-refractivity contribution in [2.24, 2.45) is 5.92 Å². The van der Waals surface area contributed by atoms with Gasteiger partial charge in [0, 0.05) is 17.5 Å². The molecule has 0 atom stereocenters. The number of hydrogen-bond donors (Lipinski definition) is 2. The number of aliphatic hydroxyl groups is 1. The van der Waals surface area contributed by atoms with Crippen LogP contribution in [0.5, 0.6) is 5.75 Å². The predicted octanol–water partition coefficient (Wildman–Crippen LogP) is 4.43. The van der Waals surface area contributed by atoms with Gasteiger partial charge in [-0.05, 0) is 24.5 Å². The van der Waals surface area contributed by atoms with E-state index in [2.05, 4.69) is 18.8 Å². The molecular weight excluding hydrogens is 334 g/mol. The highest BCUT2D eigenvalue weighted by Crippen LogP contribution is 2.33.